The monoisotopic (exact) mass is 475 g/mol. The van der Waals surface area contributed by atoms with Crippen molar-refractivity contribution < 1.29 is 13.2 Å². The summed E-state index contributed by atoms with van der Waals surface area (Å²) in [6, 6.07) is 16.0. The average Bonchev–Trinajstić information content (AvgIpc) is 3.39. The molecule has 1 aliphatic heterocycles. The Balaban J connectivity index is 1.51. The summed E-state index contributed by atoms with van der Waals surface area (Å²) in [5, 5.41) is 12.6. The number of carbonyl (C=O) groups excluding carboxylic acids is 1. The van der Waals surface area contributed by atoms with Crippen LogP contribution < -0.4 is 5.32 Å². The Hall–Kier alpha value is -3.90. The molecule has 4 rings (SSSR count). The minimum absolute atomic E-state index is 0.0302. The van der Waals surface area contributed by atoms with E-state index in [0.29, 0.717) is 30.9 Å². The highest BCUT2D eigenvalue weighted by atomic mass is 32.2. The number of aryl methyl sites for hydroxylation is 1. The predicted molar refractivity (Wildman–Crippen MR) is 133 cm³/mol. The molecule has 0 unspecified atom stereocenters. The van der Waals surface area contributed by atoms with Gasteiger partial charge >= 0.3 is 0 Å². The van der Waals surface area contributed by atoms with Gasteiger partial charge in [0.05, 0.1) is 17.4 Å². The van der Waals surface area contributed by atoms with Crippen LogP contribution in [0, 0.1) is 11.3 Å². The molecule has 0 atom stereocenters. The third-order valence-electron chi connectivity index (χ3n) is 5.66. The SMILES string of the molecule is CN1CCCC1=NS(=O)(=O)c1cccc(NC(=O)C=Cc2cn(CCC#N)c3ccccc23)c1. The van der Waals surface area contributed by atoms with Crippen molar-refractivity contribution in [2.75, 3.05) is 18.9 Å². The molecule has 9 heteroatoms. The summed E-state index contributed by atoms with van der Waals surface area (Å²) in [5.74, 6) is 0.163. The number of para-hydroxylation sites is 1. The highest BCUT2D eigenvalue weighted by Gasteiger charge is 2.20. The van der Waals surface area contributed by atoms with Gasteiger partial charge in [-0.15, -0.1) is 4.40 Å². The van der Waals surface area contributed by atoms with Crippen LogP contribution in [-0.2, 0) is 21.4 Å². The first-order chi connectivity index (χ1) is 16.4. The van der Waals surface area contributed by atoms with E-state index in [2.05, 4.69) is 15.8 Å². The molecule has 0 radical (unpaired) electrons. The molecule has 1 amide bonds. The molecular weight excluding hydrogens is 450 g/mol. The third-order valence-corrected chi connectivity index (χ3v) is 6.96. The van der Waals surface area contributed by atoms with Crippen molar-refractivity contribution in [1.82, 2.24) is 9.47 Å². The molecule has 8 nitrogen and oxygen atoms in total. The second-order valence-electron chi connectivity index (χ2n) is 8.06. The molecule has 174 valence electrons. The maximum absolute atomic E-state index is 12.7. The maximum atomic E-state index is 12.7. The van der Waals surface area contributed by atoms with Gasteiger partial charge in [0.25, 0.3) is 10.0 Å². The molecular formula is C25H25N5O3S. The van der Waals surface area contributed by atoms with Crippen LogP contribution in [0.3, 0.4) is 0 Å². The van der Waals surface area contributed by atoms with Crippen LogP contribution in [-0.4, -0.2) is 43.2 Å². The normalized spacial score (nSPS) is 15.3. The van der Waals surface area contributed by atoms with E-state index in [4.69, 9.17) is 5.26 Å². The van der Waals surface area contributed by atoms with E-state index in [0.717, 1.165) is 29.4 Å². The van der Waals surface area contributed by atoms with Gasteiger partial charge in [0.1, 0.15) is 5.84 Å². The van der Waals surface area contributed by atoms with Gasteiger partial charge < -0.3 is 14.8 Å². The number of nitrogens with zero attached hydrogens (tertiary/aromatic N) is 4. The van der Waals surface area contributed by atoms with Crippen molar-refractivity contribution in [2.45, 2.75) is 30.7 Å². The highest BCUT2D eigenvalue weighted by Crippen LogP contribution is 2.23. The minimum Gasteiger partial charge on any atom is -0.362 e. The van der Waals surface area contributed by atoms with Crippen molar-refractivity contribution >= 4 is 44.4 Å². The number of likely N-dealkylation sites (tertiary alicyclic amines) is 1. The molecule has 1 fully saturated rings. The van der Waals surface area contributed by atoms with Crippen LogP contribution in [0.1, 0.15) is 24.8 Å². The zero-order valence-corrected chi connectivity index (χ0v) is 19.6. The standard InChI is InChI=1S/C25H25N5O3S/c1-29-15-5-11-24(29)28-34(32,33)21-8-4-7-20(17-21)27-25(31)13-12-19-18-30(16-6-14-26)23-10-3-2-9-22(19)23/h2-4,7-10,12-13,17-18H,5-6,11,15-16H2,1H3,(H,27,31). The Morgan fingerprint density at radius 1 is 1.24 bits per heavy atom. The number of anilines is 1. The smallest absolute Gasteiger partial charge is 0.284 e. The van der Waals surface area contributed by atoms with E-state index in [-0.39, 0.29) is 10.8 Å². The van der Waals surface area contributed by atoms with Crippen molar-refractivity contribution in [3.63, 3.8) is 0 Å². The lowest BCUT2D eigenvalue weighted by Crippen LogP contribution is -2.20. The van der Waals surface area contributed by atoms with Gasteiger partial charge in [-0.3, -0.25) is 4.79 Å². The van der Waals surface area contributed by atoms with E-state index in [1.807, 2.05) is 47.0 Å². The molecule has 1 aliphatic rings. The first-order valence-electron chi connectivity index (χ1n) is 11.0. The average molecular weight is 476 g/mol. The van der Waals surface area contributed by atoms with Gasteiger partial charge in [-0.1, -0.05) is 24.3 Å². The molecule has 0 aliphatic carbocycles. The Labute approximate surface area is 198 Å². The Morgan fingerprint density at radius 2 is 2.06 bits per heavy atom. The topological polar surface area (TPSA) is 108 Å². The fourth-order valence-electron chi connectivity index (χ4n) is 3.95. The van der Waals surface area contributed by atoms with Crippen LogP contribution >= 0.6 is 0 Å². The van der Waals surface area contributed by atoms with Crippen LogP contribution in [0.15, 0.2) is 70.1 Å². The van der Waals surface area contributed by atoms with Crippen molar-refractivity contribution in [2.24, 2.45) is 4.40 Å². The number of aromatic nitrogens is 1. The Morgan fingerprint density at radius 3 is 2.82 bits per heavy atom. The Kier molecular flexibility index (Phi) is 6.80. The number of nitriles is 1. The van der Waals surface area contributed by atoms with Crippen LogP contribution in [0.4, 0.5) is 5.69 Å². The predicted octanol–water partition coefficient (Wildman–Crippen LogP) is 4.02. The first kappa shape index (κ1) is 23.3. The zero-order chi connectivity index (χ0) is 24.1. The number of amidine groups is 1. The van der Waals surface area contributed by atoms with E-state index >= 15 is 0 Å². The number of rotatable bonds is 7. The minimum atomic E-state index is -3.87. The maximum Gasteiger partial charge on any atom is 0.284 e. The molecule has 0 spiro atoms. The fourth-order valence-corrected chi connectivity index (χ4v) is 5.09. The number of nitrogens with one attached hydrogen (secondary N) is 1. The first-order valence-corrected chi connectivity index (χ1v) is 12.4. The lowest BCUT2D eigenvalue weighted by molar-refractivity contribution is -0.111. The van der Waals surface area contributed by atoms with Gasteiger partial charge in [-0.25, -0.2) is 0 Å². The molecule has 1 N–H and O–H groups in total. The zero-order valence-electron chi connectivity index (χ0n) is 18.8. The Bertz CT molecular complexity index is 1430. The quantitative estimate of drug-likeness (QED) is 0.519. The molecule has 3 aromatic rings. The van der Waals surface area contributed by atoms with E-state index in [9.17, 15) is 13.2 Å². The number of carbonyl (C=O) groups is 1. The third kappa shape index (κ3) is 5.18. The molecule has 2 aromatic carbocycles. The molecule has 34 heavy (non-hydrogen) atoms. The van der Waals surface area contributed by atoms with Gasteiger partial charge in [-0.05, 0) is 36.8 Å². The van der Waals surface area contributed by atoms with Gasteiger partial charge in [0.2, 0.25) is 5.91 Å². The number of fused-ring (bicyclic) bond motifs is 1. The summed E-state index contributed by atoms with van der Waals surface area (Å²) >= 11 is 0. The summed E-state index contributed by atoms with van der Waals surface area (Å²) in [6.07, 6.45) is 6.93. The second kappa shape index (κ2) is 9.93. The summed E-state index contributed by atoms with van der Waals surface area (Å²) in [7, 11) is -2.04. The molecule has 0 saturated carbocycles. The summed E-state index contributed by atoms with van der Waals surface area (Å²) in [4.78, 5) is 14.4. The fraction of sp³-hybridized carbons (Fsp3) is 0.240. The van der Waals surface area contributed by atoms with Crippen LogP contribution in [0.25, 0.3) is 17.0 Å². The lowest BCUT2D eigenvalue weighted by Gasteiger charge is -2.11. The van der Waals surface area contributed by atoms with Crippen molar-refractivity contribution in [3.05, 3.63) is 66.4 Å². The summed E-state index contributed by atoms with van der Waals surface area (Å²) in [5.41, 5.74) is 2.22. The number of hydrogen-bond donors (Lipinski definition) is 1. The van der Waals surface area contributed by atoms with Gasteiger partial charge in [0, 0.05) is 61.0 Å². The summed E-state index contributed by atoms with van der Waals surface area (Å²) < 4.78 is 31.4. The molecule has 1 aromatic heterocycles. The van der Waals surface area contributed by atoms with Crippen molar-refractivity contribution in [1.29, 1.82) is 5.26 Å². The highest BCUT2D eigenvalue weighted by molar-refractivity contribution is 7.90. The van der Waals surface area contributed by atoms with Crippen LogP contribution in [0.5, 0.6) is 0 Å². The molecule has 0 bridgehead atoms. The number of benzene rings is 2. The number of sulfonamides is 1. The summed E-state index contributed by atoms with van der Waals surface area (Å²) in [6.45, 7) is 1.35. The van der Waals surface area contributed by atoms with E-state index < -0.39 is 10.0 Å². The van der Waals surface area contributed by atoms with E-state index in [1.165, 1.54) is 18.2 Å². The van der Waals surface area contributed by atoms with Gasteiger partial charge in [0.15, 0.2) is 0 Å². The lowest BCUT2D eigenvalue weighted by atomic mass is 10.1. The molecule has 1 saturated heterocycles. The van der Waals surface area contributed by atoms with E-state index in [1.54, 1.807) is 18.2 Å². The number of amides is 1. The van der Waals surface area contributed by atoms with Crippen molar-refractivity contribution in [3.8, 4) is 6.07 Å². The largest absolute Gasteiger partial charge is 0.362 e. The van der Waals surface area contributed by atoms with Gasteiger partial charge in [-0.2, -0.15) is 13.7 Å². The van der Waals surface area contributed by atoms with Crippen LogP contribution in [0.2, 0.25) is 0 Å². The number of hydrogen-bond acceptors (Lipinski definition) is 4. The second-order valence-corrected chi connectivity index (χ2v) is 9.67. The molecule has 2 heterocycles.